The number of rotatable bonds is 18. The van der Waals surface area contributed by atoms with Crippen LogP contribution in [-0.2, 0) is 35.2 Å². The highest BCUT2D eigenvalue weighted by Gasteiger charge is 2.65. The van der Waals surface area contributed by atoms with E-state index in [1.807, 2.05) is 78.0 Å². The second kappa shape index (κ2) is 17.4. The van der Waals surface area contributed by atoms with Gasteiger partial charge in [0.05, 0.1) is 6.04 Å². The summed E-state index contributed by atoms with van der Waals surface area (Å²) in [5.74, 6) is -1.51. The number of allylic oxidation sites excluding steroid dienone is 3. The van der Waals surface area contributed by atoms with Crippen molar-refractivity contribution in [3.63, 3.8) is 0 Å². The van der Waals surface area contributed by atoms with Gasteiger partial charge in [0.15, 0.2) is 5.78 Å². The van der Waals surface area contributed by atoms with E-state index in [-0.39, 0.29) is 29.8 Å². The molecule has 3 aliphatic carbocycles. The smallest absolute Gasteiger partial charge is 0.244 e. The molecule has 0 bridgehead atoms. The van der Waals surface area contributed by atoms with E-state index in [0.717, 1.165) is 40.7 Å². The summed E-state index contributed by atoms with van der Waals surface area (Å²) in [7, 11) is 0. The van der Waals surface area contributed by atoms with Crippen molar-refractivity contribution in [2.45, 2.75) is 117 Å². The predicted molar refractivity (Wildman–Crippen MR) is 207 cm³/mol. The average Bonchev–Trinajstić information content (AvgIpc) is 3.84. The van der Waals surface area contributed by atoms with Gasteiger partial charge in [-0.05, 0) is 93.1 Å². The van der Waals surface area contributed by atoms with E-state index in [4.69, 9.17) is 0 Å². The van der Waals surface area contributed by atoms with Crippen LogP contribution in [0.3, 0.4) is 0 Å². The third kappa shape index (κ3) is 9.75. The number of amides is 4. The number of aldehydes is 1. The van der Waals surface area contributed by atoms with E-state index in [1.165, 1.54) is 18.7 Å². The van der Waals surface area contributed by atoms with Crippen LogP contribution in [0.15, 0.2) is 64.3 Å². The second-order valence-electron chi connectivity index (χ2n) is 15.8. The summed E-state index contributed by atoms with van der Waals surface area (Å²) in [6, 6.07) is 5.63. The van der Waals surface area contributed by atoms with Gasteiger partial charge in [-0.15, -0.1) is 0 Å². The minimum atomic E-state index is -1.44. The number of thioether (sulfide) groups is 1. The summed E-state index contributed by atoms with van der Waals surface area (Å²) in [6.07, 6.45) is 4.92. The van der Waals surface area contributed by atoms with Crippen LogP contribution < -0.4 is 21.3 Å². The first kappa shape index (κ1) is 41.7. The Labute approximate surface area is 317 Å². The molecule has 1 fully saturated rings. The summed E-state index contributed by atoms with van der Waals surface area (Å²) in [5, 5.41) is 22.4. The van der Waals surface area contributed by atoms with Crippen molar-refractivity contribution in [2.24, 2.45) is 17.3 Å². The predicted octanol–water partition coefficient (Wildman–Crippen LogP) is 3.90. The lowest BCUT2D eigenvalue weighted by Gasteiger charge is -2.39. The molecule has 0 saturated heterocycles. The zero-order valence-electron chi connectivity index (χ0n) is 32.3. The molecule has 0 aliphatic heterocycles. The number of hydrogen-bond acceptors (Lipinski definition) is 8. The van der Waals surface area contributed by atoms with Crippen LogP contribution in [0.4, 0.5) is 0 Å². The maximum atomic E-state index is 13.8. The number of ketones is 1. The Kier molecular flexibility index (Phi) is 13.7. The first-order chi connectivity index (χ1) is 24.9. The molecule has 12 heteroatoms. The van der Waals surface area contributed by atoms with Gasteiger partial charge in [0.2, 0.25) is 23.6 Å². The van der Waals surface area contributed by atoms with Crippen molar-refractivity contribution in [1.82, 2.24) is 21.3 Å². The number of carbonyl (C=O) groups is 6. The van der Waals surface area contributed by atoms with Gasteiger partial charge in [-0.25, -0.2) is 0 Å². The van der Waals surface area contributed by atoms with E-state index in [0.29, 0.717) is 30.5 Å². The number of benzene rings is 1. The summed E-state index contributed by atoms with van der Waals surface area (Å²) in [5.41, 5.74) is 3.23. The summed E-state index contributed by atoms with van der Waals surface area (Å²) >= 11 is 1.43. The highest BCUT2D eigenvalue weighted by Crippen LogP contribution is 2.65. The van der Waals surface area contributed by atoms with E-state index < -0.39 is 58.8 Å². The van der Waals surface area contributed by atoms with Crippen molar-refractivity contribution in [2.75, 3.05) is 11.5 Å². The summed E-state index contributed by atoms with van der Waals surface area (Å²) < 4.78 is 0. The molecule has 4 amide bonds. The third-order valence-electron chi connectivity index (χ3n) is 10.6. The van der Waals surface area contributed by atoms with Gasteiger partial charge in [0.1, 0.15) is 30.0 Å². The van der Waals surface area contributed by atoms with Crippen molar-refractivity contribution < 1.29 is 33.9 Å². The Morgan fingerprint density at radius 1 is 0.868 bits per heavy atom. The minimum Gasteiger partial charge on any atom is -0.381 e. The minimum absolute atomic E-state index is 0.00608. The molecule has 5 N–H and O–H groups in total. The SMILES string of the molecule is CC(=O)N[C@@H](CSCC1=C(C)C=C2C(=O)[C@](C)(O)C3(CC3)C(C)=C21)C(=O)N[C@@H](CC(C)C)C(=O)N[C@@H](CC(C)C)C(=O)N[C@@H](C=O)Cc1ccccc1. The maximum absolute atomic E-state index is 13.8. The third-order valence-corrected chi connectivity index (χ3v) is 11.6. The van der Waals surface area contributed by atoms with Crippen LogP contribution in [0.25, 0.3) is 0 Å². The zero-order valence-corrected chi connectivity index (χ0v) is 33.1. The average molecular weight is 749 g/mol. The molecule has 288 valence electrons. The fourth-order valence-electron chi connectivity index (χ4n) is 7.54. The molecule has 1 aromatic rings. The Bertz CT molecular complexity index is 1690. The van der Waals surface area contributed by atoms with Crippen LogP contribution in [0, 0.1) is 17.3 Å². The van der Waals surface area contributed by atoms with Gasteiger partial charge in [-0.1, -0.05) is 63.6 Å². The van der Waals surface area contributed by atoms with Crippen molar-refractivity contribution in [3.05, 3.63) is 69.8 Å². The largest absolute Gasteiger partial charge is 0.381 e. The van der Waals surface area contributed by atoms with Gasteiger partial charge < -0.3 is 31.2 Å². The van der Waals surface area contributed by atoms with Crippen LogP contribution in [0.5, 0.6) is 0 Å². The van der Waals surface area contributed by atoms with Crippen molar-refractivity contribution >= 4 is 47.5 Å². The molecule has 0 radical (unpaired) electrons. The first-order valence-electron chi connectivity index (χ1n) is 18.6. The lowest BCUT2D eigenvalue weighted by atomic mass is 9.67. The normalized spacial score (nSPS) is 21.1. The van der Waals surface area contributed by atoms with Crippen molar-refractivity contribution in [3.8, 4) is 0 Å². The molecule has 3 aliphatic rings. The molecule has 1 aromatic carbocycles. The van der Waals surface area contributed by atoms with Gasteiger partial charge in [0, 0.05) is 29.4 Å². The number of aliphatic hydroxyl groups is 1. The van der Waals surface area contributed by atoms with Gasteiger partial charge in [-0.3, -0.25) is 24.0 Å². The van der Waals surface area contributed by atoms with Crippen LogP contribution in [-0.4, -0.2) is 82.1 Å². The number of nitrogens with one attached hydrogen (secondary N) is 4. The lowest BCUT2D eigenvalue weighted by molar-refractivity contribution is -0.137. The fourth-order valence-corrected chi connectivity index (χ4v) is 8.71. The highest BCUT2D eigenvalue weighted by molar-refractivity contribution is 7.99. The topological polar surface area (TPSA) is 171 Å². The molecule has 4 rings (SSSR count). The fraction of sp³-hybridized carbons (Fsp3) is 0.561. The molecule has 0 unspecified atom stereocenters. The molecule has 11 nitrogen and oxygen atoms in total. The van der Waals surface area contributed by atoms with Crippen LogP contribution in [0.1, 0.15) is 86.6 Å². The molecular weight excluding hydrogens is 693 g/mol. The second-order valence-corrected chi connectivity index (χ2v) is 16.8. The lowest BCUT2D eigenvalue weighted by Crippen LogP contribution is -2.58. The number of hydrogen-bond donors (Lipinski definition) is 5. The maximum Gasteiger partial charge on any atom is 0.244 e. The van der Waals surface area contributed by atoms with Gasteiger partial charge in [0.25, 0.3) is 0 Å². The number of carbonyl (C=O) groups excluding carboxylic acids is 6. The molecule has 5 atom stereocenters. The Hall–Kier alpha value is -4.03. The standard InChI is InChI=1S/C41H56N4O7S/c1-23(2)16-32(37(49)43-29(20-46)19-28-12-10-9-11-13-28)44-38(50)33(17-24(3)4)45-39(51)34(42-27(7)47)22-53-21-31-25(5)18-30-35(31)26(6)41(14-15-41)40(8,52)36(30)48/h9-13,18,20,23-24,29,32-34,52H,14-17,19,21-22H2,1-8H3,(H,42,47)(H,43,49)(H,44,50)(H,45,51)/t29-,32+,33+,34+,40+/m1/s1. The molecule has 0 aromatic heterocycles. The van der Waals surface area contributed by atoms with Gasteiger partial charge in [-0.2, -0.15) is 11.8 Å². The molecule has 0 heterocycles. The quantitative estimate of drug-likeness (QED) is 0.141. The van der Waals surface area contributed by atoms with Gasteiger partial charge >= 0.3 is 0 Å². The highest BCUT2D eigenvalue weighted by atomic mass is 32.2. The molecular formula is C41H56N4O7S. The summed E-state index contributed by atoms with van der Waals surface area (Å²) in [4.78, 5) is 78.5. The van der Waals surface area contributed by atoms with E-state index in [9.17, 15) is 33.9 Å². The van der Waals surface area contributed by atoms with E-state index >= 15 is 0 Å². The molecule has 53 heavy (non-hydrogen) atoms. The Morgan fingerprint density at radius 2 is 1.42 bits per heavy atom. The monoisotopic (exact) mass is 748 g/mol. The Balaban J connectivity index is 1.44. The van der Waals surface area contributed by atoms with E-state index in [1.54, 1.807) is 6.92 Å². The number of fused-ring (bicyclic) bond motifs is 1. The number of Topliss-reactive ketones (excluding diaryl/α,β-unsaturated/α-hetero) is 1. The zero-order chi connectivity index (χ0) is 39.2. The summed E-state index contributed by atoms with van der Waals surface area (Å²) in [6.45, 7) is 14.6. The Morgan fingerprint density at radius 3 is 1.92 bits per heavy atom. The van der Waals surface area contributed by atoms with Crippen LogP contribution in [0.2, 0.25) is 0 Å². The first-order valence-corrected chi connectivity index (χ1v) is 19.7. The van der Waals surface area contributed by atoms with Crippen LogP contribution >= 0.6 is 11.8 Å². The van der Waals surface area contributed by atoms with E-state index in [2.05, 4.69) is 21.3 Å². The molecule has 1 saturated carbocycles. The molecule has 1 spiro atoms. The van der Waals surface area contributed by atoms with Crippen molar-refractivity contribution in [1.29, 1.82) is 0 Å².